The Morgan fingerprint density at radius 2 is 2.00 bits per heavy atom. The summed E-state index contributed by atoms with van der Waals surface area (Å²) in [7, 11) is 0. The Morgan fingerprint density at radius 3 is 2.50 bits per heavy atom. The number of benzene rings is 1. The topological polar surface area (TPSA) is 86.6 Å². The standard InChI is InChI=1S/C17H25N5/c1-4-7-14(5-2)15-10-8-13(9-11-15)12-16(20-6-3)17(18)21-22-19/h4-5,7-11,16,20H,6,12H2,1-3H3,(H3,18,19,21)/b7-4-,14-5+/t16-/m0/s1. The number of allylic oxidation sites excluding steroid dienone is 4. The zero-order valence-corrected chi connectivity index (χ0v) is 13.5. The van der Waals surface area contributed by atoms with Crippen molar-refractivity contribution < 1.29 is 0 Å². The van der Waals surface area contributed by atoms with Crippen LogP contribution in [0, 0.1) is 5.41 Å². The summed E-state index contributed by atoms with van der Waals surface area (Å²) < 4.78 is 0. The van der Waals surface area contributed by atoms with Gasteiger partial charge in [-0.2, -0.15) is 0 Å². The van der Waals surface area contributed by atoms with Gasteiger partial charge in [0, 0.05) is 0 Å². The SMILES string of the molecule is C/C=C\C(=C/C)c1ccc(C[C@H](NCC)C(=N)N=NN)cc1. The molecule has 1 aromatic carbocycles. The van der Waals surface area contributed by atoms with E-state index in [4.69, 9.17) is 11.3 Å². The predicted octanol–water partition coefficient (Wildman–Crippen LogP) is 3.49. The van der Waals surface area contributed by atoms with Gasteiger partial charge in [0.1, 0.15) is 0 Å². The van der Waals surface area contributed by atoms with Gasteiger partial charge >= 0.3 is 0 Å². The van der Waals surface area contributed by atoms with Crippen molar-refractivity contribution in [2.75, 3.05) is 6.54 Å². The summed E-state index contributed by atoms with van der Waals surface area (Å²) >= 11 is 0. The minimum Gasteiger partial charge on any atom is -0.307 e. The molecular formula is C17H25N5. The van der Waals surface area contributed by atoms with E-state index in [9.17, 15) is 0 Å². The van der Waals surface area contributed by atoms with Gasteiger partial charge < -0.3 is 11.2 Å². The molecule has 1 aromatic rings. The summed E-state index contributed by atoms with van der Waals surface area (Å²) in [5.74, 6) is 5.18. The highest BCUT2D eigenvalue weighted by molar-refractivity contribution is 5.85. The van der Waals surface area contributed by atoms with Crippen molar-refractivity contribution in [2.45, 2.75) is 33.2 Å². The highest BCUT2D eigenvalue weighted by atomic mass is 15.3. The summed E-state index contributed by atoms with van der Waals surface area (Å²) in [6.45, 7) is 6.80. The number of likely N-dealkylation sites (N-methyl/N-ethyl adjacent to an activating group) is 1. The molecule has 22 heavy (non-hydrogen) atoms. The van der Waals surface area contributed by atoms with Crippen molar-refractivity contribution >= 4 is 11.4 Å². The third kappa shape index (κ3) is 5.26. The van der Waals surface area contributed by atoms with Crippen LogP contribution < -0.4 is 11.2 Å². The van der Waals surface area contributed by atoms with Crippen LogP contribution in [-0.4, -0.2) is 18.4 Å². The molecule has 0 aliphatic heterocycles. The second-order valence-electron chi connectivity index (χ2n) is 4.86. The van der Waals surface area contributed by atoms with Crippen molar-refractivity contribution in [1.29, 1.82) is 5.41 Å². The molecule has 0 heterocycles. The molecule has 118 valence electrons. The molecule has 1 rings (SSSR count). The smallest absolute Gasteiger partial charge is 0.162 e. The van der Waals surface area contributed by atoms with Crippen LogP contribution in [-0.2, 0) is 6.42 Å². The number of nitrogens with one attached hydrogen (secondary N) is 2. The van der Waals surface area contributed by atoms with Crippen LogP contribution in [0.3, 0.4) is 0 Å². The Bertz CT molecular complexity index is 555. The van der Waals surface area contributed by atoms with Crippen molar-refractivity contribution in [1.82, 2.24) is 5.32 Å². The first-order chi connectivity index (χ1) is 10.7. The second-order valence-corrected chi connectivity index (χ2v) is 4.86. The molecule has 0 aliphatic carbocycles. The fourth-order valence-corrected chi connectivity index (χ4v) is 2.25. The zero-order valence-electron chi connectivity index (χ0n) is 13.5. The Hall–Kier alpha value is -2.27. The third-order valence-electron chi connectivity index (χ3n) is 3.33. The Labute approximate surface area is 132 Å². The molecule has 1 atom stereocenters. The first-order valence-electron chi connectivity index (χ1n) is 7.47. The van der Waals surface area contributed by atoms with E-state index in [1.807, 2.05) is 26.8 Å². The lowest BCUT2D eigenvalue weighted by Crippen LogP contribution is -2.37. The molecule has 0 bridgehead atoms. The maximum Gasteiger partial charge on any atom is 0.162 e. The Morgan fingerprint density at radius 1 is 1.32 bits per heavy atom. The fourth-order valence-electron chi connectivity index (χ4n) is 2.25. The zero-order chi connectivity index (χ0) is 16.4. The van der Waals surface area contributed by atoms with Crippen molar-refractivity contribution in [3.63, 3.8) is 0 Å². The number of nitrogens with two attached hydrogens (primary N) is 1. The quantitative estimate of drug-likeness (QED) is 0.180. The molecule has 5 nitrogen and oxygen atoms in total. The number of hydrogen-bond acceptors (Lipinski definition) is 3. The van der Waals surface area contributed by atoms with Gasteiger partial charge in [0.15, 0.2) is 5.84 Å². The molecule has 4 N–H and O–H groups in total. The molecule has 0 amide bonds. The van der Waals surface area contributed by atoms with Crippen molar-refractivity contribution in [2.24, 2.45) is 16.2 Å². The van der Waals surface area contributed by atoms with E-state index in [2.05, 4.69) is 52.1 Å². The molecule has 0 saturated heterocycles. The largest absolute Gasteiger partial charge is 0.307 e. The summed E-state index contributed by atoms with van der Waals surface area (Å²) in [6, 6.07) is 8.18. The number of rotatable bonds is 7. The molecule has 0 fully saturated rings. The first-order valence-corrected chi connectivity index (χ1v) is 7.47. The van der Waals surface area contributed by atoms with Crippen LogP contribution in [0.15, 0.2) is 52.8 Å². The van der Waals surface area contributed by atoms with E-state index >= 15 is 0 Å². The number of amidine groups is 1. The van der Waals surface area contributed by atoms with E-state index in [-0.39, 0.29) is 11.9 Å². The van der Waals surface area contributed by atoms with Crippen molar-refractivity contribution in [3.05, 3.63) is 53.6 Å². The first kappa shape index (κ1) is 17.8. The van der Waals surface area contributed by atoms with Crippen molar-refractivity contribution in [3.8, 4) is 0 Å². The molecule has 0 saturated carbocycles. The molecule has 5 heteroatoms. The molecule has 0 aromatic heterocycles. The lowest BCUT2D eigenvalue weighted by atomic mass is 10.00. The van der Waals surface area contributed by atoms with Gasteiger partial charge in [0.2, 0.25) is 0 Å². The van der Waals surface area contributed by atoms with E-state index in [0.717, 1.165) is 12.1 Å². The predicted molar refractivity (Wildman–Crippen MR) is 92.8 cm³/mol. The summed E-state index contributed by atoms with van der Waals surface area (Å²) in [4.78, 5) is 0. The van der Waals surface area contributed by atoms with Crippen LogP contribution in [0.2, 0.25) is 0 Å². The van der Waals surface area contributed by atoms with Crippen LogP contribution in [0.5, 0.6) is 0 Å². The number of hydrogen-bond donors (Lipinski definition) is 3. The lowest BCUT2D eigenvalue weighted by molar-refractivity contribution is 0.629. The maximum atomic E-state index is 7.87. The minimum atomic E-state index is -0.181. The summed E-state index contributed by atoms with van der Waals surface area (Å²) in [5, 5.41) is 17.9. The normalized spacial score (nSPS) is 13.9. The van der Waals surface area contributed by atoms with Gasteiger partial charge in [-0.25, -0.2) is 0 Å². The van der Waals surface area contributed by atoms with E-state index < -0.39 is 0 Å². The van der Waals surface area contributed by atoms with Crippen LogP contribution in [0.4, 0.5) is 0 Å². The summed E-state index contributed by atoms with van der Waals surface area (Å²) in [6.07, 6.45) is 6.89. The fraction of sp³-hybridized carbons (Fsp3) is 0.353. The number of nitrogens with zero attached hydrogens (tertiary/aromatic N) is 2. The average molecular weight is 299 g/mol. The van der Waals surface area contributed by atoms with Gasteiger partial charge in [-0.3, -0.25) is 5.41 Å². The lowest BCUT2D eigenvalue weighted by Gasteiger charge is -2.16. The second kappa shape index (κ2) is 9.63. The maximum absolute atomic E-state index is 7.87. The molecule has 0 aliphatic rings. The third-order valence-corrected chi connectivity index (χ3v) is 3.33. The van der Waals surface area contributed by atoms with Gasteiger partial charge in [-0.1, -0.05) is 54.6 Å². The van der Waals surface area contributed by atoms with E-state index in [0.29, 0.717) is 6.42 Å². The summed E-state index contributed by atoms with van der Waals surface area (Å²) in [5.41, 5.74) is 3.52. The molecule has 0 unspecified atom stereocenters. The highest BCUT2D eigenvalue weighted by Crippen LogP contribution is 2.17. The van der Waals surface area contributed by atoms with E-state index in [1.54, 1.807) is 0 Å². The van der Waals surface area contributed by atoms with E-state index in [1.165, 1.54) is 11.1 Å². The molecule has 0 spiro atoms. The van der Waals surface area contributed by atoms with Crippen LogP contribution in [0.1, 0.15) is 31.9 Å². The highest BCUT2D eigenvalue weighted by Gasteiger charge is 2.14. The van der Waals surface area contributed by atoms with Gasteiger partial charge in [0.05, 0.1) is 6.04 Å². The Balaban J connectivity index is 2.87. The average Bonchev–Trinajstić information content (AvgIpc) is 2.53. The van der Waals surface area contributed by atoms with Crippen LogP contribution >= 0.6 is 0 Å². The molecule has 0 radical (unpaired) electrons. The Kier molecular flexibility index (Phi) is 7.78. The van der Waals surface area contributed by atoms with Crippen LogP contribution in [0.25, 0.3) is 5.57 Å². The van der Waals surface area contributed by atoms with Gasteiger partial charge in [0.25, 0.3) is 0 Å². The molecular weight excluding hydrogens is 274 g/mol. The van der Waals surface area contributed by atoms with Gasteiger partial charge in [-0.15, -0.1) is 5.11 Å². The van der Waals surface area contributed by atoms with Gasteiger partial charge in [-0.05, 0) is 43.5 Å². The monoisotopic (exact) mass is 299 g/mol. The minimum absolute atomic E-state index is 0.150.